The van der Waals surface area contributed by atoms with Gasteiger partial charge in [-0.15, -0.1) is 0 Å². The van der Waals surface area contributed by atoms with Gasteiger partial charge >= 0.3 is 0 Å². The van der Waals surface area contributed by atoms with Gasteiger partial charge < -0.3 is 4.74 Å². The van der Waals surface area contributed by atoms with Gasteiger partial charge in [-0.05, 0) is 25.0 Å². The Bertz CT molecular complexity index is 209. The molecule has 0 N–H and O–H groups in total. The molecule has 1 nitrogen and oxygen atoms in total. The Balaban J connectivity index is 2.72. The lowest BCUT2D eigenvalue weighted by Gasteiger charge is -1.94. The van der Waals surface area contributed by atoms with Gasteiger partial charge in [-0.2, -0.15) is 0 Å². The van der Waals surface area contributed by atoms with Crippen LogP contribution in [-0.4, -0.2) is 7.11 Å². The summed E-state index contributed by atoms with van der Waals surface area (Å²) in [5.74, 6) is 0.938. The number of ether oxygens (including phenoxy) is 1. The predicted octanol–water partition coefficient (Wildman–Crippen LogP) is 2.81. The lowest BCUT2D eigenvalue weighted by Crippen LogP contribution is -1.77. The van der Waals surface area contributed by atoms with Crippen LogP contribution in [0.4, 0.5) is 0 Å². The van der Waals surface area contributed by atoms with E-state index in [4.69, 9.17) is 4.74 Å². The standard InChI is InChI=1S/C10H14O/c1-3-9-5-4-6-10(11-2)8-7-9/h4,6-8H,3,5H2,1-2H3. The van der Waals surface area contributed by atoms with Crippen LogP contribution in [0.15, 0.2) is 35.6 Å². The molecule has 0 amide bonds. The molecular formula is C10H14O. The average Bonchev–Trinajstić information content (AvgIpc) is 2.28. The van der Waals surface area contributed by atoms with E-state index in [0.717, 1.165) is 18.6 Å². The van der Waals surface area contributed by atoms with Crippen molar-refractivity contribution >= 4 is 0 Å². The molecule has 11 heavy (non-hydrogen) atoms. The van der Waals surface area contributed by atoms with E-state index in [-0.39, 0.29) is 0 Å². The molecule has 1 aliphatic rings. The summed E-state index contributed by atoms with van der Waals surface area (Å²) < 4.78 is 5.09. The van der Waals surface area contributed by atoms with Crippen molar-refractivity contribution in [1.29, 1.82) is 0 Å². The highest BCUT2D eigenvalue weighted by molar-refractivity contribution is 5.27. The van der Waals surface area contributed by atoms with E-state index >= 15 is 0 Å². The molecule has 1 rings (SSSR count). The van der Waals surface area contributed by atoms with Crippen molar-refractivity contribution in [3.8, 4) is 0 Å². The van der Waals surface area contributed by atoms with Crippen LogP contribution in [-0.2, 0) is 4.74 Å². The van der Waals surface area contributed by atoms with Crippen molar-refractivity contribution in [3.05, 3.63) is 35.6 Å². The second kappa shape index (κ2) is 4.02. The van der Waals surface area contributed by atoms with E-state index in [1.54, 1.807) is 7.11 Å². The molecule has 0 heterocycles. The van der Waals surface area contributed by atoms with Crippen LogP contribution in [0, 0.1) is 0 Å². The molecule has 0 spiro atoms. The second-order valence-electron chi connectivity index (χ2n) is 2.56. The normalized spacial score (nSPS) is 16.9. The number of methoxy groups -OCH3 is 1. The maximum absolute atomic E-state index is 5.09. The van der Waals surface area contributed by atoms with Gasteiger partial charge in [0.05, 0.1) is 7.11 Å². The zero-order valence-electron chi connectivity index (χ0n) is 7.13. The summed E-state index contributed by atoms with van der Waals surface area (Å²) in [6, 6.07) is 0. The van der Waals surface area contributed by atoms with Gasteiger partial charge in [-0.25, -0.2) is 0 Å². The number of hydrogen-bond acceptors (Lipinski definition) is 1. The molecule has 0 radical (unpaired) electrons. The molecule has 60 valence electrons. The first kappa shape index (κ1) is 8.12. The highest BCUT2D eigenvalue weighted by Crippen LogP contribution is 2.13. The predicted molar refractivity (Wildman–Crippen MR) is 47.2 cm³/mol. The molecule has 0 atom stereocenters. The van der Waals surface area contributed by atoms with Gasteiger partial charge in [0.2, 0.25) is 0 Å². The SMILES string of the molecule is CCC1=CC=C(OC)C=CC1. The van der Waals surface area contributed by atoms with Crippen molar-refractivity contribution < 1.29 is 4.74 Å². The number of rotatable bonds is 2. The third-order valence-electron chi connectivity index (χ3n) is 1.84. The molecule has 0 aliphatic heterocycles. The smallest absolute Gasteiger partial charge is 0.118 e. The Morgan fingerprint density at radius 3 is 2.91 bits per heavy atom. The first-order valence-corrected chi connectivity index (χ1v) is 3.97. The van der Waals surface area contributed by atoms with Crippen molar-refractivity contribution in [3.63, 3.8) is 0 Å². The zero-order valence-corrected chi connectivity index (χ0v) is 7.13. The summed E-state index contributed by atoms with van der Waals surface area (Å²) >= 11 is 0. The Morgan fingerprint density at radius 2 is 2.27 bits per heavy atom. The maximum Gasteiger partial charge on any atom is 0.118 e. The highest BCUT2D eigenvalue weighted by atomic mass is 16.5. The molecule has 0 unspecified atom stereocenters. The summed E-state index contributed by atoms with van der Waals surface area (Å²) in [7, 11) is 1.70. The van der Waals surface area contributed by atoms with Gasteiger partial charge in [-0.3, -0.25) is 0 Å². The molecule has 0 saturated carbocycles. The van der Waals surface area contributed by atoms with Crippen molar-refractivity contribution in [2.24, 2.45) is 0 Å². The molecular weight excluding hydrogens is 136 g/mol. The van der Waals surface area contributed by atoms with Gasteiger partial charge in [0, 0.05) is 0 Å². The Morgan fingerprint density at radius 1 is 1.45 bits per heavy atom. The first-order chi connectivity index (χ1) is 5.36. The summed E-state index contributed by atoms with van der Waals surface area (Å²) in [6.45, 7) is 2.17. The zero-order chi connectivity index (χ0) is 8.10. The van der Waals surface area contributed by atoms with E-state index in [1.165, 1.54) is 5.57 Å². The van der Waals surface area contributed by atoms with Gasteiger partial charge in [0.15, 0.2) is 0 Å². The van der Waals surface area contributed by atoms with Crippen LogP contribution in [0.25, 0.3) is 0 Å². The third kappa shape index (κ3) is 2.26. The summed E-state index contributed by atoms with van der Waals surface area (Å²) in [6.07, 6.45) is 10.5. The highest BCUT2D eigenvalue weighted by Gasteiger charge is 1.95. The Labute approximate surface area is 68.1 Å². The van der Waals surface area contributed by atoms with Crippen LogP contribution < -0.4 is 0 Å². The number of allylic oxidation sites excluding steroid dienone is 5. The summed E-state index contributed by atoms with van der Waals surface area (Å²) in [4.78, 5) is 0. The molecule has 0 aromatic rings. The fourth-order valence-corrected chi connectivity index (χ4v) is 1.05. The first-order valence-electron chi connectivity index (χ1n) is 3.97. The van der Waals surface area contributed by atoms with Crippen molar-refractivity contribution in [1.82, 2.24) is 0 Å². The minimum absolute atomic E-state index is 0.938. The summed E-state index contributed by atoms with van der Waals surface area (Å²) in [5, 5.41) is 0. The second-order valence-corrected chi connectivity index (χ2v) is 2.56. The van der Waals surface area contributed by atoms with E-state index in [9.17, 15) is 0 Å². The lowest BCUT2D eigenvalue weighted by molar-refractivity contribution is 0.307. The van der Waals surface area contributed by atoms with Gasteiger partial charge in [-0.1, -0.05) is 24.6 Å². The molecule has 0 bridgehead atoms. The average molecular weight is 150 g/mol. The van der Waals surface area contributed by atoms with Crippen LogP contribution in [0.3, 0.4) is 0 Å². The van der Waals surface area contributed by atoms with E-state index in [0.29, 0.717) is 0 Å². The van der Waals surface area contributed by atoms with Crippen LogP contribution in [0.5, 0.6) is 0 Å². The minimum atomic E-state index is 0.938. The van der Waals surface area contributed by atoms with Crippen molar-refractivity contribution in [2.45, 2.75) is 19.8 Å². The van der Waals surface area contributed by atoms with Crippen molar-refractivity contribution in [2.75, 3.05) is 7.11 Å². The molecule has 0 aromatic carbocycles. The van der Waals surface area contributed by atoms with Crippen LogP contribution in [0.2, 0.25) is 0 Å². The van der Waals surface area contributed by atoms with Crippen LogP contribution >= 0.6 is 0 Å². The molecule has 0 fully saturated rings. The fraction of sp³-hybridized carbons (Fsp3) is 0.400. The van der Waals surface area contributed by atoms with E-state index < -0.39 is 0 Å². The largest absolute Gasteiger partial charge is 0.497 e. The topological polar surface area (TPSA) is 9.23 Å². The summed E-state index contributed by atoms with van der Waals surface area (Å²) in [5.41, 5.74) is 1.45. The molecule has 0 aromatic heterocycles. The van der Waals surface area contributed by atoms with Gasteiger partial charge in [0.25, 0.3) is 0 Å². The van der Waals surface area contributed by atoms with E-state index in [1.807, 2.05) is 12.2 Å². The molecule has 1 heteroatoms. The molecule has 1 aliphatic carbocycles. The maximum atomic E-state index is 5.09. The molecule has 0 saturated heterocycles. The minimum Gasteiger partial charge on any atom is -0.497 e. The van der Waals surface area contributed by atoms with E-state index in [2.05, 4.69) is 19.1 Å². The quantitative estimate of drug-likeness (QED) is 0.588. The lowest BCUT2D eigenvalue weighted by atomic mass is 10.1. The fourth-order valence-electron chi connectivity index (χ4n) is 1.05. The third-order valence-corrected chi connectivity index (χ3v) is 1.84. The Hall–Kier alpha value is -0.980. The van der Waals surface area contributed by atoms with Gasteiger partial charge in [0.1, 0.15) is 5.76 Å². The van der Waals surface area contributed by atoms with Crippen LogP contribution in [0.1, 0.15) is 19.8 Å². The monoisotopic (exact) mass is 150 g/mol. The number of hydrogen-bond donors (Lipinski definition) is 0. The Kier molecular flexibility index (Phi) is 2.96.